The van der Waals surface area contributed by atoms with Gasteiger partial charge in [-0.05, 0) is 43.0 Å². The topological polar surface area (TPSA) is 79.6 Å². The maximum absolute atomic E-state index is 5.58. The summed E-state index contributed by atoms with van der Waals surface area (Å²) in [6.45, 7) is 0. The molecular weight excluding hydrogens is 326 g/mol. The number of rotatable bonds is 5. The third-order valence-electron chi connectivity index (χ3n) is 5.39. The highest BCUT2D eigenvalue weighted by Crippen LogP contribution is 2.31. The zero-order valence-corrected chi connectivity index (χ0v) is 14.5. The fraction of sp³-hybridized carbons (Fsp3) is 0.350. The van der Waals surface area contributed by atoms with Gasteiger partial charge in [-0.2, -0.15) is 5.10 Å². The van der Waals surface area contributed by atoms with Gasteiger partial charge in [-0.15, -0.1) is 0 Å². The molecule has 26 heavy (non-hydrogen) atoms. The van der Waals surface area contributed by atoms with Crippen LogP contribution >= 0.6 is 0 Å². The number of aromatic amines is 1. The fourth-order valence-electron chi connectivity index (χ4n) is 3.96. The van der Waals surface area contributed by atoms with Crippen molar-refractivity contribution >= 4 is 33.5 Å². The van der Waals surface area contributed by atoms with Crippen molar-refractivity contribution in [1.29, 1.82) is 0 Å². The summed E-state index contributed by atoms with van der Waals surface area (Å²) in [4.78, 5) is 4.37. The smallest absolute Gasteiger partial charge is 0.178 e. The van der Waals surface area contributed by atoms with Crippen LogP contribution in [0.3, 0.4) is 0 Å². The average Bonchev–Trinajstić information content (AvgIpc) is 3.40. The van der Waals surface area contributed by atoms with Crippen molar-refractivity contribution in [3.63, 3.8) is 0 Å². The van der Waals surface area contributed by atoms with Gasteiger partial charge in [0.1, 0.15) is 5.52 Å². The molecule has 2 N–H and O–H groups in total. The first-order valence-electron chi connectivity index (χ1n) is 9.31. The molecule has 5 rings (SSSR count). The van der Waals surface area contributed by atoms with Crippen molar-refractivity contribution in [1.82, 2.24) is 20.3 Å². The highest BCUT2D eigenvalue weighted by molar-refractivity contribution is 5.89. The highest BCUT2D eigenvalue weighted by Gasteiger charge is 2.17. The second kappa shape index (κ2) is 6.44. The van der Waals surface area contributed by atoms with Crippen LogP contribution < -0.4 is 5.32 Å². The fourth-order valence-corrected chi connectivity index (χ4v) is 3.96. The van der Waals surface area contributed by atoms with Gasteiger partial charge in [-0.25, -0.2) is 0 Å². The molecule has 1 aliphatic rings. The number of hydrogen-bond donors (Lipinski definition) is 2. The summed E-state index contributed by atoms with van der Waals surface area (Å²) in [5, 5.41) is 16.0. The van der Waals surface area contributed by atoms with Crippen LogP contribution in [0, 0.1) is 5.92 Å². The lowest BCUT2D eigenvalue weighted by Gasteiger charge is -2.06. The Kier molecular flexibility index (Phi) is 3.81. The second-order valence-corrected chi connectivity index (χ2v) is 7.13. The van der Waals surface area contributed by atoms with E-state index in [1.807, 2.05) is 24.3 Å². The number of anilines is 2. The largest absolute Gasteiger partial charge is 0.356 e. The molecule has 6 heteroatoms. The summed E-state index contributed by atoms with van der Waals surface area (Å²) in [5.74, 6) is 1.57. The number of benzene rings is 1. The molecule has 1 saturated carbocycles. The van der Waals surface area contributed by atoms with E-state index >= 15 is 0 Å². The number of aromatic nitrogens is 4. The predicted molar refractivity (Wildman–Crippen MR) is 101 cm³/mol. The number of pyridine rings is 1. The quantitative estimate of drug-likeness (QED) is 0.533. The lowest BCUT2D eigenvalue weighted by molar-refractivity contribution is 0.434. The summed E-state index contributed by atoms with van der Waals surface area (Å²) >= 11 is 0. The van der Waals surface area contributed by atoms with Crippen LogP contribution in [0.25, 0.3) is 22.0 Å². The second-order valence-electron chi connectivity index (χ2n) is 7.13. The van der Waals surface area contributed by atoms with E-state index in [1.165, 1.54) is 32.1 Å². The molecule has 0 saturated heterocycles. The van der Waals surface area contributed by atoms with Crippen molar-refractivity contribution < 1.29 is 4.52 Å². The van der Waals surface area contributed by atoms with Gasteiger partial charge in [0.05, 0.1) is 11.2 Å². The first-order valence-corrected chi connectivity index (χ1v) is 9.31. The lowest BCUT2D eigenvalue weighted by Crippen LogP contribution is -1.97. The Labute approximate surface area is 151 Å². The normalized spacial score (nSPS) is 15.2. The van der Waals surface area contributed by atoms with Crippen molar-refractivity contribution in [2.45, 2.75) is 38.5 Å². The van der Waals surface area contributed by atoms with Crippen LogP contribution in [0.4, 0.5) is 11.5 Å². The number of fused-ring (bicyclic) bond motifs is 2. The molecule has 3 aromatic heterocycles. The Morgan fingerprint density at radius 3 is 3.04 bits per heavy atom. The number of nitrogens with zero attached hydrogens (tertiary/aromatic N) is 3. The molecular formula is C20H21N5O. The van der Waals surface area contributed by atoms with Gasteiger partial charge in [0.15, 0.2) is 11.4 Å². The highest BCUT2D eigenvalue weighted by atomic mass is 16.5. The van der Waals surface area contributed by atoms with E-state index in [4.69, 9.17) is 4.52 Å². The molecule has 1 aromatic carbocycles. The van der Waals surface area contributed by atoms with E-state index in [9.17, 15) is 0 Å². The molecule has 1 fully saturated rings. The zero-order valence-electron chi connectivity index (χ0n) is 14.5. The van der Waals surface area contributed by atoms with Gasteiger partial charge in [-0.3, -0.25) is 10.1 Å². The number of hydrogen-bond acceptors (Lipinski definition) is 5. The van der Waals surface area contributed by atoms with E-state index in [0.29, 0.717) is 5.82 Å². The van der Waals surface area contributed by atoms with Crippen molar-refractivity contribution in [2.24, 2.45) is 5.92 Å². The third kappa shape index (κ3) is 2.81. The Bertz CT molecular complexity index is 1040. The van der Waals surface area contributed by atoms with Gasteiger partial charge < -0.3 is 9.84 Å². The molecule has 6 nitrogen and oxygen atoms in total. The summed E-state index contributed by atoms with van der Waals surface area (Å²) in [5.41, 5.74) is 4.52. The lowest BCUT2D eigenvalue weighted by atomic mass is 9.99. The monoisotopic (exact) mass is 347 g/mol. The first-order chi connectivity index (χ1) is 12.9. The minimum Gasteiger partial charge on any atom is -0.356 e. The molecule has 0 radical (unpaired) electrons. The van der Waals surface area contributed by atoms with Crippen molar-refractivity contribution in [3.8, 4) is 0 Å². The van der Waals surface area contributed by atoms with Crippen LogP contribution in [0.2, 0.25) is 0 Å². The van der Waals surface area contributed by atoms with Crippen molar-refractivity contribution in [2.75, 3.05) is 5.32 Å². The predicted octanol–water partition coefficient (Wildman–Crippen LogP) is 4.97. The molecule has 0 atom stereocenters. The number of H-pyrrole nitrogens is 1. The van der Waals surface area contributed by atoms with Crippen LogP contribution in [0.1, 0.15) is 37.8 Å². The van der Waals surface area contributed by atoms with Gasteiger partial charge in [-0.1, -0.05) is 30.8 Å². The number of aryl methyl sites for hydroxylation is 1. The molecule has 4 aromatic rings. The molecule has 0 aliphatic heterocycles. The Morgan fingerprint density at radius 2 is 2.12 bits per heavy atom. The maximum atomic E-state index is 5.58. The van der Waals surface area contributed by atoms with Crippen molar-refractivity contribution in [3.05, 3.63) is 42.2 Å². The average molecular weight is 347 g/mol. The van der Waals surface area contributed by atoms with E-state index in [2.05, 4.69) is 31.7 Å². The number of nitrogens with one attached hydrogen (secondary N) is 2. The molecule has 132 valence electrons. The Hall–Kier alpha value is -2.89. The molecule has 3 heterocycles. The minimum atomic E-state index is 0.709. The van der Waals surface area contributed by atoms with Crippen LogP contribution in [0.15, 0.2) is 41.1 Å². The first kappa shape index (κ1) is 15.4. The molecule has 0 spiro atoms. The standard InChI is InChI=1S/C20H21N5O/c1-2-5-13(4-1)7-10-16-15-9-8-14(12-18(15)26-25-16)22-20-19-17(23-24-20)6-3-11-21-19/h3,6,8-9,11-13H,1-2,4-5,7,10H2,(H2,22,23,24). The third-order valence-corrected chi connectivity index (χ3v) is 5.39. The summed E-state index contributed by atoms with van der Waals surface area (Å²) in [6.07, 6.45) is 9.49. The Balaban J connectivity index is 1.36. The summed E-state index contributed by atoms with van der Waals surface area (Å²) in [6, 6.07) is 9.95. The summed E-state index contributed by atoms with van der Waals surface area (Å²) in [7, 11) is 0. The van der Waals surface area contributed by atoms with Gasteiger partial charge in [0, 0.05) is 23.3 Å². The molecule has 0 unspecified atom stereocenters. The summed E-state index contributed by atoms with van der Waals surface area (Å²) < 4.78 is 5.58. The minimum absolute atomic E-state index is 0.709. The molecule has 0 bridgehead atoms. The van der Waals surface area contributed by atoms with E-state index in [0.717, 1.165) is 45.7 Å². The zero-order chi connectivity index (χ0) is 17.3. The molecule has 1 aliphatic carbocycles. The van der Waals surface area contributed by atoms with Gasteiger partial charge in [0.25, 0.3) is 0 Å². The van der Waals surface area contributed by atoms with E-state index in [1.54, 1.807) is 6.20 Å². The van der Waals surface area contributed by atoms with E-state index in [-0.39, 0.29) is 0 Å². The van der Waals surface area contributed by atoms with Crippen LogP contribution in [-0.2, 0) is 6.42 Å². The van der Waals surface area contributed by atoms with Crippen LogP contribution in [0.5, 0.6) is 0 Å². The Morgan fingerprint density at radius 1 is 1.19 bits per heavy atom. The van der Waals surface area contributed by atoms with Gasteiger partial charge >= 0.3 is 0 Å². The van der Waals surface area contributed by atoms with Gasteiger partial charge in [0.2, 0.25) is 0 Å². The maximum Gasteiger partial charge on any atom is 0.178 e. The SMILES string of the molecule is c1cnc2c(Nc3ccc4c(CCC5CCCC5)noc4c3)n[nH]c2c1. The van der Waals surface area contributed by atoms with Crippen LogP contribution in [-0.4, -0.2) is 20.3 Å². The van der Waals surface area contributed by atoms with E-state index < -0.39 is 0 Å². The molecule has 0 amide bonds.